The minimum Gasteiger partial charge on any atom is -0.0654 e. The van der Waals surface area contributed by atoms with Gasteiger partial charge < -0.3 is 0 Å². The molecule has 0 amide bonds. The molecule has 0 saturated carbocycles. The fourth-order valence-corrected chi connectivity index (χ4v) is 6.72. The molecule has 0 rings (SSSR count). The minimum absolute atomic E-state index is 0.951. The molecule has 0 aromatic heterocycles. The summed E-state index contributed by atoms with van der Waals surface area (Å²) in [5.41, 5.74) is 0. The zero-order valence-electron chi connectivity index (χ0n) is 29.4. The van der Waals surface area contributed by atoms with Crippen LogP contribution in [0.25, 0.3) is 0 Å². The Kier molecular flexibility index (Phi) is 33.5. The third-order valence-corrected chi connectivity index (χ3v) is 9.89. The Labute approximate surface area is 257 Å². The van der Waals surface area contributed by atoms with Crippen molar-refractivity contribution in [3.63, 3.8) is 0 Å². The highest BCUT2D eigenvalue weighted by Gasteiger charge is 2.06. The highest BCUT2D eigenvalue weighted by atomic mass is 14.1. The van der Waals surface area contributed by atoms with E-state index in [1.165, 1.54) is 205 Å². The van der Waals surface area contributed by atoms with Crippen molar-refractivity contribution in [3.05, 3.63) is 0 Å². The van der Waals surface area contributed by atoms with E-state index >= 15 is 0 Å². The second kappa shape index (κ2) is 33.5. The molecule has 0 radical (unpaired) electrons. The molecule has 0 aliphatic heterocycles. The Morgan fingerprint density at radius 1 is 0.225 bits per heavy atom. The van der Waals surface area contributed by atoms with Crippen LogP contribution in [0.2, 0.25) is 0 Å². The molecule has 242 valence electrons. The van der Waals surface area contributed by atoms with Gasteiger partial charge >= 0.3 is 0 Å². The second-order valence-corrected chi connectivity index (χ2v) is 14.5. The van der Waals surface area contributed by atoms with Crippen molar-refractivity contribution in [2.45, 2.75) is 240 Å². The monoisotopic (exact) mass is 563 g/mol. The van der Waals surface area contributed by atoms with Gasteiger partial charge in [-0.1, -0.05) is 240 Å². The molecule has 0 heteroatoms. The van der Waals surface area contributed by atoms with Gasteiger partial charge in [0.25, 0.3) is 0 Å². The summed E-state index contributed by atoms with van der Waals surface area (Å²) < 4.78 is 0. The van der Waals surface area contributed by atoms with Crippen molar-refractivity contribution < 1.29 is 0 Å². The molecule has 0 nitrogen and oxygen atoms in total. The summed E-state index contributed by atoms with van der Waals surface area (Å²) >= 11 is 0. The minimum atomic E-state index is 0.951. The van der Waals surface area contributed by atoms with E-state index < -0.39 is 0 Å². The van der Waals surface area contributed by atoms with E-state index in [9.17, 15) is 0 Å². The van der Waals surface area contributed by atoms with Crippen LogP contribution in [-0.4, -0.2) is 0 Å². The fraction of sp³-hybridized carbons (Fsp3) is 1.00. The molecular weight excluding hydrogens is 480 g/mol. The predicted octanol–water partition coefficient (Wildman–Crippen LogP) is 15.4. The molecule has 0 aliphatic rings. The molecule has 0 aromatic carbocycles. The topological polar surface area (TPSA) is 0 Å². The zero-order chi connectivity index (χ0) is 29.4. The van der Waals surface area contributed by atoms with Gasteiger partial charge in [-0.15, -0.1) is 0 Å². The Morgan fingerprint density at radius 2 is 0.400 bits per heavy atom. The summed E-state index contributed by atoms with van der Waals surface area (Å²) in [5.74, 6) is 2.87. The molecule has 3 unspecified atom stereocenters. The molecule has 0 aromatic rings. The molecule has 0 bridgehead atoms. The first-order chi connectivity index (χ1) is 19.6. The van der Waals surface area contributed by atoms with Gasteiger partial charge in [-0.2, -0.15) is 0 Å². The Bertz CT molecular complexity index is 439. The van der Waals surface area contributed by atoms with Crippen LogP contribution in [0.1, 0.15) is 240 Å². The predicted molar refractivity (Wildman–Crippen MR) is 187 cm³/mol. The van der Waals surface area contributed by atoms with Gasteiger partial charge in [0, 0.05) is 0 Å². The summed E-state index contributed by atoms with van der Waals surface area (Å²) in [6.07, 6.45) is 47.0. The van der Waals surface area contributed by atoms with Crippen LogP contribution in [0, 0.1) is 17.8 Å². The van der Waals surface area contributed by atoms with Gasteiger partial charge in [-0.25, -0.2) is 0 Å². The van der Waals surface area contributed by atoms with E-state index in [0.717, 1.165) is 17.8 Å². The summed E-state index contributed by atoms with van der Waals surface area (Å²) in [6, 6.07) is 0. The van der Waals surface area contributed by atoms with Crippen LogP contribution in [0.15, 0.2) is 0 Å². The number of hydrogen-bond acceptors (Lipinski definition) is 0. The lowest BCUT2D eigenvalue weighted by atomic mass is 9.92. The highest BCUT2D eigenvalue weighted by Crippen LogP contribution is 2.23. The molecular formula is C40H82. The van der Waals surface area contributed by atoms with Gasteiger partial charge in [0.15, 0.2) is 0 Å². The van der Waals surface area contributed by atoms with Crippen LogP contribution in [-0.2, 0) is 0 Å². The van der Waals surface area contributed by atoms with E-state index in [4.69, 9.17) is 0 Å². The van der Waals surface area contributed by atoms with Crippen molar-refractivity contribution in [2.75, 3.05) is 0 Å². The summed E-state index contributed by atoms with van der Waals surface area (Å²) in [4.78, 5) is 0. The van der Waals surface area contributed by atoms with Crippen molar-refractivity contribution in [2.24, 2.45) is 17.8 Å². The normalized spacial score (nSPS) is 14.0. The Balaban J connectivity index is 3.32. The first-order valence-corrected chi connectivity index (χ1v) is 19.6. The highest BCUT2D eigenvalue weighted by molar-refractivity contribution is 4.60. The van der Waals surface area contributed by atoms with Crippen LogP contribution < -0.4 is 0 Å². The average Bonchev–Trinajstić information content (AvgIpc) is 2.94. The average molecular weight is 563 g/mol. The lowest BCUT2D eigenvalue weighted by molar-refractivity contribution is 0.390. The lowest BCUT2D eigenvalue weighted by Gasteiger charge is -2.14. The smallest absolute Gasteiger partial charge is 0.0443 e. The maximum atomic E-state index is 2.51. The summed E-state index contributed by atoms with van der Waals surface area (Å²) in [6.45, 7) is 12.1. The van der Waals surface area contributed by atoms with E-state index in [-0.39, 0.29) is 0 Å². The van der Waals surface area contributed by atoms with Crippen LogP contribution in [0.4, 0.5) is 0 Å². The van der Waals surface area contributed by atoms with Crippen molar-refractivity contribution in [1.29, 1.82) is 0 Å². The Morgan fingerprint density at radius 3 is 0.625 bits per heavy atom. The van der Waals surface area contributed by atoms with Crippen LogP contribution >= 0.6 is 0 Å². The van der Waals surface area contributed by atoms with Gasteiger partial charge in [-0.05, 0) is 17.8 Å². The van der Waals surface area contributed by atoms with Crippen molar-refractivity contribution in [3.8, 4) is 0 Å². The first-order valence-electron chi connectivity index (χ1n) is 19.6. The fourth-order valence-electron chi connectivity index (χ4n) is 6.72. The molecule has 0 aliphatic carbocycles. The van der Waals surface area contributed by atoms with E-state index in [2.05, 4.69) is 34.6 Å². The van der Waals surface area contributed by atoms with Crippen LogP contribution in [0.5, 0.6) is 0 Å². The van der Waals surface area contributed by atoms with E-state index in [1.54, 1.807) is 0 Å². The summed E-state index contributed by atoms with van der Waals surface area (Å²) in [5, 5.41) is 0. The van der Waals surface area contributed by atoms with E-state index in [1.807, 2.05) is 0 Å². The zero-order valence-corrected chi connectivity index (χ0v) is 29.4. The third-order valence-electron chi connectivity index (χ3n) is 9.89. The SMILES string of the molecule is CCCCCCCCCCCCC(C)CCCCCCCCCC(C)CCCC(C)CCCCCCCCCC. The Hall–Kier alpha value is 0. The van der Waals surface area contributed by atoms with Crippen molar-refractivity contribution >= 4 is 0 Å². The van der Waals surface area contributed by atoms with Crippen molar-refractivity contribution in [1.82, 2.24) is 0 Å². The molecule has 40 heavy (non-hydrogen) atoms. The molecule has 0 spiro atoms. The molecule has 3 atom stereocenters. The number of rotatable bonds is 34. The van der Waals surface area contributed by atoms with Gasteiger partial charge in [0.2, 0.25) is 0 Å². The molecule has 0 fully saturated rings. The number of hydrogen-bond donors (Lipinski definition) is 0. The first kappa shape index (κ1) is 40.0. The standard InChI is InChI=1S/C40H82/c1-6-8-10-12-14-16-17-20-24-27-32-38(3)33-28-25-21-18-22-26-30-35-40(5)37-31-36-39(4)34-29-23-19-15-13-11-9-7-2/h38-40H,6-37H2,1-5H3. The maximum absolute atomic E-state index is 2.51. The molecule has 0 N–H and O–H groups in total. The molecule has 0 saturated heterocycles. The molecule has 0 heterocycles. The van der Waals surface area contributed by atoms with E-state index in [0.29, 0.717) is 0 Å². The quantitative estimate of drug-likeness (QED) is 0.0684. The number of unbranched alkanes of at least 4 members (excludes halogenated alkanes) is 22. The maximum Gasteiger partial charge on any atom is -0.0443 e. The largest absolute Gasteiger partial charge is 0.0654 e. The van der Waals surface area contributed by atoms with Gasteiger partial charge in [-0.3, -0.25) is 0 Å². The second-order valence-electron chi connectivity index (χ2n) is 14.5. The lowest BCUT2D eigenvalue weighted by Crippen LogP contribution is -1.99. The summed E-state index contributed by atoms with van der Waals surface area (Å²) in [7, 11) is 0. The van der Waals surface area contributed by atoms with Crippen LogP contribution in [0.3, 0.4) is 0 Å². The third kappa shape index (κ3) is 32.5. The van der Waals surface area contributed by atoms with Gasteiger partial charge in [0.05, 0.1) is 0 Å². The van der Waals surface area contributed by atoms with Gasteiger partial charge in [0.1, 0.15) is 0 Å².